The van der Waals surface area contributed by atoms with Gasteiger partial charge in [-0.15, -0.1) is 0 Å². The molecule has 0 spiro atoms. The Balaban J connectivity index is 2.09. The second kappa shape index (κ2) is 6.66. The Kier molecular flexibility index (Phi) is 5.50. The Morgan fingerprint density at radius 3 is 2.50 bits per heavy atom. The fourth-order valence-corrected chi connectivity index (χ4v) is 1.43. The summed E-state index contributed by atoms with van der Waals surface area (Å²) in [5, 5.41) is 0. The van der Waals surface area contributed by atoms with E-state index >= 15 is 0 Å². The van der Waals surface area contributed by atoms with Crippen LogP contribution in [0.3, 0.4) is 0 Å². The Morgan fingerprint density at radius 2 is 1.88 bits per heavy atom. The average Bonchev–Trinajstić information content (AvgIpc) is 2.30. The monoisotopic (exact) mass is 221 g/mol. The van der Waals surface area contributed by atoms with Crippen LogP contribution in [-0.4, -0.2) is 19.8 Å². The summed E-state index contributed by atoms with van der Waals surface area (Å²) in [5.74, 6) is 0. The largest absolute Gasteiger partial charge is 0.381 e. The van der Waals surface area contributed by atoms with E-state index in [4.69, 9.17) is 10.5 Å². The second-order valence-electron chi connectivity index (χ2n) is 5.01. The molecule has 2 heteroatoms. The first-order chi connectivity index (χ1) is 7.64. The number of aryl methyl sites for hydroxylation is 1. The van der Waals surface area contributed by atoms with Gasteiger partial charge in [-0.25, -0.2) is 0 Å². The Hall–Kier alpha value is -0.860. The number of rotatable bonds is 7. The maximum atomic E-state index is 5.63. The van der Waals surface area contributed by atoms with Crippen LogP contribution in [0.2, 0.25) is 0 Å². The fraction of sp³-hybridized carbons (Fsp3) is 0.571. The first kappa shape index (κ1) is 13.2. The van der Waals surface area contributed by atoms with Crippen molar-refractivity contribution in [1.82, 2.24) is 0 Å². The Morgan fingerprint density at radius 1 is 1.19 bits per heavy atom. The van der Waals surface area contributed by atoms with Crippen LogP contribution in [0.1, 0.15) is 25.8 Å². The third kappa shape index (κ3) is 5.29. The lowest BCUT2D eigenvalue weighted by molar-refractivity contribution is 0.0651. The van der Waals surface area contributed by atoms with Crippen LogP contribution in [0.15, 0.2) is 30.3 Å². The summed E-state index contributed by atoms with van der Waals surface area (Å²) >= 11 is 0. The summed E-state index contributed by atoms with van der Waals surface area (Å²) in [6.45, 7) is 6.50. The second-order valence-corrected chi connectivity index (χ2v) is 5.01. The van der Waals surface area contributed by atoms with Crippen LogP contribution in [0, 0.1) is 5.41 Å². The van der Waals surface area contributed by atoms with Gasteiger partial charge in [0.2, 0.25) is 0 Å². The van der Waals surface area contributed by atoms with E-state index in [0.717, 1.165) is 26.1 Å². The molecule has 0 saturated heterocycles. The van der Waals surface area contributed by atoms with Gasteiger partial charge in [-0.1, -0.05) is 44.2 Å². The van der Waals surface area contributed by atoms with E-state index in [-0.39, 0.29) is 5.41 Å². The first-order valence-corrected chi connectivity index (χ1v) is 5.96. The van der Waals surface area contributed by atoms with Gasteiger partial charge < -0.3 is 10.5 Å². The van der Waals surface area contributed by atoms with Crippen molar-refractivity contribution in [1.29, 1.82) is 0 Å². The minimum atomic E-state index is 0.104. The van der Waals surface area contributed by atoms with Gasteiger partial charge in [-0.05, 0) is 24.9 Å². The molecule has 0 aromatic heterocycles. The third-order valence-corrected chi connectivity index (χ3v) is 2.64. The zero-order chi connectivity index (χ0) is 11.9. The van der Waals surface area contributed by atoms with E-state index in [2.05, 4.69) is 38.1 Å². The maximum Gasteiger partial charge on any atom is 0.0529 e. The number of nitrogens with two attached hydrogens (primary N) is 1. The molecule has 1 aromatic carbocycles. The molecule has 1 aromatic rings. The predicted octanol–water partition coefficient (Wildman–Crippen LogP) is 2.62. The van der Waals surface area contributed by atoms with Crippen LogP contribution >= 0.6 is 0 Å². The predicted molar refractivity (Wildman–Crippen MR) is 68.4 cm³/mol. The minimum Gasteiger partial charge on any atom is -0.381 e. The topological polar surface area (TPSA) is 35.2 Å². The summed E-state index contributed by atoms with van der Waals surface area (Å²) in [4.78, 5) is 0. The minimum absolute atomic E-state index is 0.104. The van der Waals surface area contributed by atoms with Gasteiger partial charge in [0.25, 0.3) is 0 Å². The molecule has 0 aliphatic carbocycles. The van der Waals surface area contributed by atoms with Crippen molar-refractivity contribution in [3.05, 3.63) is 35.9 Å². The van der Waals surface area contributed by atoms with Gasteiger partial charge in [0, 0.05) is 12.0 Å². The van der Waals surface area contributed by atoms with Crippen LogP contribution in [-0.2, 0) is 11.2 Å². The summed E-state index contributed by atoms with van der Waals surface area (Å²) in [6.07, 6.45) is 2.16. The molecule has 0 aliphatic rings. The number of ether oxygens (including phenoxy) is 1. The molecule has 90 valence electrons. The quantitative estimate of drug-likeness (QED) is 0.718. The molecule has 2 nitrogen and oxygen atoms in total. The molecule has 2 N–H and O–H groups in total. The molecule has 0 saturated carbocycles. The molecule has 0 heterocycles. The number of benzene rings is 1. The van der Waals surface area contributed by atoms with Crippen LogP contribution in [0.4, 0.5) is 0 Å². The van der Waals surface area contributed by atoms with Crippen molar-refractivity contribution in [3.8, 4) is 0 Å². The van der Waals surface area contributed by atoms with Crippen molar-refractivity contribution < 1.29 is 4.74 Å². The van der Waals surface area contributed by atoms with Crippen molar-refractivity contribution in [2.24, 2.45) is 11.1 Å². The highest BCUT2D eigenvalue weighted by Gasteiger charge is 2.14. The first-order valence-electron chi connectivity index (χ1n) is 5.96. The molecule has 0 atom stereocenters. The van der Waals surface area contributed by atoms with Crippen LogP contribution < -0.4 is 5.73 Å². The lowest BCUT2D eigenvalue weighted by atomic mass is 9.95. The van der Waals surface area contributed by atoms with Gasteiger partial charge in [-0.2, -0.15) is 0 Å². The van der Waals surface area contributed by atoms with E-state index in [1.165, 1.54) is 5.56 Å². The molecular formula is C14H23NO. The molecule has 0 aliphatic heterocycles. The maximum absolute atomic E-state index is 5.63. The molecule has 1 rings (SSSR count). The normalized spacial score (nSPS) is 11.7. The van der Waals surface area contributed by atoms with Gasteiger partial charge in [0.05, 0.1) is 6.61 Å². The fourth-order valence-electron chi connectivity index (χ4n) is 1.43. The highest BCUT2D eigenvalue weighted by Crippen LogP contribution is 2.12. The van der Waals surface area contributed by atoms with E-state index in [9.17, 15) is 0 Å². The van der Waals surface area contributed by atoms with E-state index in [1.54, 1.807) is 0 Å². The van der Waals surface area contributed by atoms with Crippen LogP contribution in [0.5, 0.6) is 0 Å². The van der Waals surface area contributed by atoms with Gasteiger partial charge in [0.15, 0.2) is 0 Å². The molecule has 16 heavy (non-hydrogen) atoms. The Bertz CT molecular complexity index is 282. The molecule has 0 bridgehead atoms. The third-order valence-electron chi connectivity index (χ3n) is 2.64. The zero-order valence-corrected chi connectivity index (χ0v) is 10.4. The average molecular weight is 221 g/mol. The Labute approximate surface area is 98.8 Å². The van der Waals surface area contributed by atoms with Gasteiger partial charge in [-0.3, -0.25) is 0 Å². The lowest BCUT2D eigenvalue weighted by Crippen LogP contribution is -2.29. The molecule has 0 unspecified atom stereocenters. The SMILES string of the molecule is CC(C)(CN)COCCCc1ccccc1. The van der Waals surface area contributed by atoms with E-state index < -0.39 is 0 Å². The number of hydrogen-bond donors (Lipinski definition) is 1. The standard InChI is InChI=1S/C14H23NO/c1-14(2,11-15)12-16-10-6-9-13-7-4-3-5-8-13/h3-5,7-8H,6,9-12,15H2,1-2H3. The van der Waals surface area contributed by atoms with Gasteiger partial charge >= 0.3 is 0 Å². The zero-order valence-electron chi connectivity index (χ0n) is 10.4. The summed E-state index contributed by atoms with van der Waals surface area (Å²) in [6, 6.07) is 10.5. The van der Waals surface area contributed by atoms with Crippen molar-refractivity contribution in [2.75, 3.05) is 19.8 Å². The summed E-state index contributed by atoms with van der Waals surface area (Å²) < 4.78 is 5.63. The lowest BCUT2D eigenvalue weighted by Gasteiger charge is -2.21. The molecular weight excluding hydrogens is 198 g/mol. The van der Waals surface area contributed by atoms with E-state index in [1.807, 2.05) is 6.07 Å². The summed E-state index contributed by atoms with van der Waals surface area (Å²) in [7, 11) is 0. The smallest absolute Gasteiger partial charge is 0.0529 e. The van der Waals surface area contributed by atoms with Crippen molar-refractivity contribution in [3.63, 3.8) is 0 Å². The number of hydrogen-bond acceptors (Lipinski definition) is 2. The summed E-state index contributed by atoms with van der Waals surface area (Å²) in [5.41, 5.74) is 7.11. The molecule has 0 radical (unpaired) electrons. The van der Waals surface area contributed by atoms with Gasteiger partial charge in [0.1, 0.15) is 0 Å². The highest BCUT2D eigenvalue weighted by molar-refractivity contribution is 5.14. The molecule has 0 amide bonds. The van der Waals surface area contributed by atoms with Crippen molar-refractivity contribution >= 4 is 0 Å². The van der Waals surface area contributed by atoms with Crippen molar-refractivity contribution in [2.45, 2.75) is 26.7 Å². The van der Waals surface area contributed by atoms with E-state index in [0.29, 0.717) is 6.54 Å². The molecule has 0 fully saturated rings. The van der Waals surface area contributed by atoms with Crippen LogP contribution in [0.25, 0.3) is 0 Å². The highest BCUT2D eigenvalue weighted by atomic mass is 16.5.